The van der Waals surface area contributed by atoms with Crippen LogP contribution in [0.5, 0.6) is 0 Å². The summed E-state index contributed by atoms with van der Waals surface area (Å²) in [4.78, 5) is 0. The number of hydrogen-bond donors (Lipinski definition) is 1. The molecule has 7 heteroatoms. The minimum atomic E-state index is -2.87. The summed E-state index contributed by atoms with van der Waals surface area (Å²) in [6.07, 6.45) is 0.670. The van der Waals surface area contributed by atoms with Gasteiger partial charge in [-0.1, -0.05) is 0 Å². The zero-order chi connectivity index (χ0) is 13.6. The Morgan fingerprint density at radius 3 is 2.67 bits per heavy atom. The lowest BCUT2D eigenvalue weighted by Crippen LogP contribution is -2.43. The second-order valence-corrected chi connectivity index (χ2v) is 8.20. The van der Waals surface area contributed by atoms with Gasteiger partial charge in [-0.2, -0.15) is 5.10 Å². The number of sulfone groups is 1. The first-order valence-corrected chi connectivity index (χ1v) is 8.47. The van der Waals surface area contributed by atoms with E-state index >= 15 is 0 Å². The molecule has 0 aliphatic carbocycles. The molecule has 2 rings (SSSR count). The number of nitrogens with zero attached hydrogens (tertiary/aromatic N) is 2. The van der Waals surface area contributed by atoms with E-state index in [1.807, 2.05) is 25.6 Å². The predicted molar refractivity (Wildman–Crippen MR) is 74.2 cm³/mol. The summed E-state index contributed by atoms with van der Waals surface area (Å²) in [6, 6.07) is 0. The number of nitrogens with one attached hydrogen (secondary N) is 1. The Morgan fingerprint density at radius 2 is 2.22 bits per heavy atom. The van der Waals surface area contributed by atoms with Gasteiger partial charge in [0.1, 0.15) is 0 Å². The van der Waals surface area contributed by atoms with Crippen molar-refractivity contribution >= 4 is 25.8 Å². The van der Waals surface area contributed by atoms with Crippen LogP contribution in [0.15, 0.2) is 4.47 Å². The lowest BCUT2D eigenvalue weighted by molar-refractivity contribution is 0.388. The first kappa shape index (κ1) is 14.0. The van der Waals surface area contributed by atoms with Crippen molar-refractivity contribution in [3.8, 4) is 0 Å². The summed E-state index contributed by atoms with van der Waals surface area (Å²) >= 11 is 3.51. The van der Waals surface area contributed by atoms with Gasteiger partial charge in [-0.3, -0.25) is 4.68 Å². The van der Waals surface area contributed by atoms with E-state index in [0.717, 1.165) is 15.9 Å². The third-order valence-corrected chi connectivity index (χ3v) is 6.38. The lowest BCUT2D eigenvalue weighted by Gasteiger charge is -2.24. The van der Waals surface area contributed by atoms with Crippen molar-refractivity contribution in [1.82, 2.24) is 15.1 Å². The lowest BCUT2D eigenvalue weighted by atomic mass is 10.0. The first-order valence-electron chi connectivity index (χ1n) is 5.86. The number of hydrogen-bond acceptors (Lipinski definition) is 4. The van der Waals surface area contributed by atoms with E-state index < -0.39 is 9.84 Å². The van der Waals surface area contributed by atoms with Crippen molar-refractivity contribution in [1.29, 1.82) is 0 Å². The van der Waals surface area contributed by atoms with Crippen LogP contribution in [0.25, 0.3) is 0 Å². The van der Waals surface area contributed by atoms with Gasteiger partial charge in [-0.25, -0.2) is 8.42 Å². The Morgan fingerprint density at radius 1 is 1.56 bits per heavy atom. The highest BCUT2D eigenvalue weighted by molar-refractivity contribution is 9.10. The van der Waals surface area contributed by atoms with Gasteiger partial charge < -0.3 is 5.32 Å². The molecular weight excluding hydrogens is 318 g/mol. The normalized spacial score (nSPS) is 26.7. The van der Waals surface area contributed by atoms with Crippen molar-refractivity contribution in [2.24, 2.45) is 7.05 Å². The van der Waals surface area contributed by atoms with E-state index in [0.29, 0.717) is 13.0 Å². The first-order chi connectivity index (χ1) is 8.22. The zero-order valence-electron chi connectivity index (χ0n) is 10.8. The van der Waals surface area contributed by atoms with Crippen molar-refractivity contribution < 1.29 is 8.42 Å². The molecule has 102 valence electrons. The van der Waals surface area contributed by atoms with E-state index in [1.165, 1.54) is 0 Å². The fourth-order valence-electron chi connectivity index (χ4n) is 2.32. The summed E-state index contributed by atoms with van der Waals surface area (Å²) in [5.74, 6) is 0.497. The summed E-state index contributed by atoms with van der Waals surface area (Å²) in [7, 11) is -0.979. The van der Waals surface area contributed by atoms with E-state index in [2.05, 4.69) is 26.3 Å². The molecular formula is C11H18BrN3O2S. The maximum absolute atomic E-state index is 11.5. The van der Waals surface area contributed by atoms with Crippen LogP contribution in [-0.2, 0) is 23.4 Å². The van der Waals surface area contributed by atoms with Gasteiger partial charge in [-0.15, -0.1) is 0 Å². The Hall–Kier alpha value is -0.400. The summed E-state index contributed by atoms with van der Waals surface area (Å²) < 4.78 is 25.9. The molecule has 2 heterocycles. The predicted octanol–water partition coefficient (Wildman–Crippen LogP) is 1.16. The number of aromatic nitrogens is 2. The number of aryl methyl sites for hydroxylation is 2. The molecule has 0 aromatic carbocycles. The number of halogens is 1. The van der Waals surface area contributed by atoms with Crippen molar-refractivity contribution in [2.45, 2.75) is 32.4 Å². The molecule has 18 heavy (non-hydrogen) atoms. The van der Waals surface area contributed by atoms with Crippen LogP contribution in [0, 0.1) is 6.92 Å². The van der Waals surface area contributed by atoms with Crippen LogP contribution < -0.4 is 5.32 Å². The van der Waals surface area contributed by atoms with Crippen molar-refractivity contribution in [3.63, 3.8) is 0 Å². The fraction of sp³-hybridized carbons (Fsp3) is 0.727. The SMILES string of the molecule is Cc1nn(C)c(CNC2(C)CCS(=O)(=O)C2)c1Br. The van der Waals surface area contributed by atoms with Crippen LogP contribution in [0.4, 0.5) is 0 Å². The molecule has 1 aromatic heterocycles. The maximum atomic E-state index is 11.5. The Labute approximate surface area is 116 Å². The van der Waals surface area contributed by atoms with Gasteiger partial charge in [-0.05, 0) is 36.2 Å². The quantitative estimate of drug-likeness (QED) is 0.900. The molecule has 1 aromatic rings. The van der Waals surface area contributed by atoms with Crippen LogP contribution in [0.2, 0.25) is 0 Å². The molecule has 1 aliphatic rings. The average molecular weight is 336 g/mol. The van der Waals surface area contributed by atoms with Crippen LogP contribution in [0.1, 0.15) is 24.7 Å². The van der Waals surface area contributed by atoms with Crippen molar-refractivity contribution in [3.05, 3.63) is 15.9 Å². The largest absolute Gasteiger partial charge is 0.305 e. The van der Waals surface area contributed by atoms with Gasteiger partial charge in [0.25, 0.3) is 0 Å². The summed E-state index contributed by atoms with van der Waals surface area (Å²) in [5, 5.41) is 7.67. The van der Waals surface area contributed by atoms with Gasteiger partial charge in [0, 0.05) is 19.1 Å². The topological polar surface area (TPSA) is 64.0 Å². The summed E-state index contributed by atoms with van der Waals surface area (Å²) in [5.41, 5.74) is 1.66. The Balaban J connectivity index is 2.09. The molecule has 5 nitrogen and oxygen atoms in total. The minimum absolute atomic E-state index is 0.217. The maximum Gasteiger partial charge on any atom is 0.152 e. The van der Waals surface area contributed by atoms with Gasteiger partial charge in [0.2, 0.25) is 0 Å². The molecule has 1 atom stereocenters. The van der Waals surface area contributed by atoms with E-state index in [-0.39, 0.29) is 17.0 Å². The average Bonchev–Trinajstić information content (AvgIpc) is 2.65. The molecule has 1 fully saturated rings. The second kappa shape index (κ2) is 4.61. The molecule has 0 spiro atoms. The molecule has 0 radical (unpaired) electrons. The molecule has 1 unspecified atom stereocenters. The molecule has 0 saturated carbocycles. The standard InChI is InChI=1S/C11H18BrN3O2S/c1-8-10(12)9(15(3)14-8)6-13-11(2)4-5-18(16,17)7-11/h13H,4-7H2,1-3H3. The molecule has 1 aliphatic heterocycles. The highest BCUT2D eigenvalue weighted by atomic mass is 79.9. The van der Waals surface area contributed by atoms with Crippen LogP contribution in [-0.4, -0.2) is 35.2 Å². The van der Waals surface area contributed by atoms with E-state index in [9.17, 15) is 8.42 Å². The smallest absolute Gasteiger partial charge is 0.152 e. The van der Waals surface area contributed by atoms with Gasteiger partial charge in [0.05, 0.1) is 27.4 Å². The second-order valence-electron chi connectivity index (χ2n) is 5.23. The third kappa shape index (κ3) is 2.78. The molecule has 1 N–H and O–H groups in total. The Kier molecular flexibility index (Phi) is 3.59. The monoisotopic (exact) mass is 335 g/mol. The molecule has 0 amide bonds. The minimum Gasteiger partial charge on any atom is -0.305 e. The van der Waals surface area contributed by atoms with Crippen LogP contribution in [0.3, 0.4) is 0 Å². The summed E-state index contributed by atoms with van der Waals surface area (Å²) in [6.45, 7) is 4.52. The molecule has 1 saturated heterocycles. The van der Waals surface area contributed by atoms with Gasteiger partial charge in [0.15, 0.2) is 9.84 Å². The van der Waals surface area contributed by atoms with E-state index in [1.54, 1.807) is 0 Å². The zero-order valence-corrected chi connectivity index (χ0v) is 13.2. The van der Waals surface area contributed by atoms with Gasteiger partial charge >= 0.3 is 0 Å². The fourth-order valence-corrected chi connectivity index (χ4v) is 4.92. The van der Waals surface area contributed by atoms with E-state index in [4.69, 9.17) is 0 Å². The number of rotatable bonds is 3. The van der Waals surface area contributed by atoms with Crippen LogP contribution >= 0.6 is 15.9 Å². The molecule has 0 bridgehead atoms. The highest BCUT2D eigenvalue weighted by Crippen LogP contribution is 2.25. The highest BCUT2D eigenvalue weighted by Gasteiger charge is 2.38. The Bertz CT molecular complexity index is 567. The van der Waals surface area contributed by atoms with Crippen molar-refractivity contribution in [2.75, 3.05) is 11.5 Å². The third-order valence-electron chi connectivity index (χ3n) is 3.45.